The summed E-state index contributed by atoms with van der Waals surface area (Å²) in [4.78, 5) is 4.82. The molecule has 1 fully saturated rings. The molecular formula is C15H24BrN3. The van der Waals surface area contributed by atoms with Crippen LogP contribution in [0, 0.1) is 6.92 Å². The highest BCUT2D eigenvalue weighted by atomic mass is 79.9. The van der Waals surface area contributed by atoms with E-state index in [9.17, 15) is 0 Å². The van der Waals surface area contributed by atoms with Gasteiger partial charge in [0.05, 0.1) is 6.04 Å². The summed E-state index contributed by atoms with van der Waals surface area (Å²) in [5.74, 6) is 0. The van der Waals surface area contributed by atoms with Gasteiger partial charge in [-0.3, -0.25) is 0 Å². The molecule has 2 rings (SSSR count). The summed E-state index contributed by atoms with van der Waals surface area (Å²) in [6.07, 6.45) is 1.20. The topological polar surface area (TPSA) is 18.5 Å². The van der Waals surface area contributed by atoms with E-state index >= 15 is 0 Å². The standard InChI is InChI=1S/C15H24BrN3/c1-12-5-6-13(9-15(12)16)19-8-4-7-17-10-14(19)11-18(2)3/h5-6,9,14,17H,4,7-8,10-11H2,1-3H3. The Morgan fingerprint density at radius 2 is 2.21 bits per heavy atom. The highest BCUT2D eigenvalue weighted by molar-refractivity contribution is 9.10. The van der Waals surface area contributed by atoms with Gasteiger partial charge in [-0.2, -0.15) is 0 Å². The third-order valence-corrected chi connectivity index (χ3v) is 4.49. The Hall–Kier alpha value is -0.580. The van der Waals surface area contributed by atoms with Gasteiger partial charge in [0.1, 0.15) is 0 Å². The fraction of sp³-hybridized carbons (Fsp3) is 0.600. The Labute approximate surface area is 125 Å². The van der Waals surface area contributed by atoms with Gasteiger partial charge >= 0.3 is 0 Å². The molecule has 1 aromatic carbocycles. The van der Waals surface area contributed by atoms with Crippen molar-refractivity contribution in [3.05, 3.63) is 28.2 Å². The smallest absolute Gasteiger partial charge is 0.0541 e. The lowest BCUT2D eigenvalue weighted by atomic mass is 10.1. The van der Waals surface area contributed by atoms with E-state index in [1.165, 1.54) is 22.1 Å². The maximum absolute atomic E-state index is 3.65. The van der Waals surface area contributed by atoms with Gasteiger partial charge in [0.25, 0.3) is 0 Å². The Bertz CT molecular complexity index is 420. The van der Waals surface area contributed by atoms with Gasteiger partial charge in [-0.25, -0.2) is 0 Å². The predicted molar refractivity (Wildman–Crippen MR) is 86.1 cm³/mol. The lowest BCUT2D eigenvalue weighted by Gasteiger charge is -2.34. The third kappa shape index (κ3) is 3.94. The van der Waals surface area contributed by atoms with E-state index in [1.54, 1.807) is 0 Å². The van der Waals surface area contributed by atoms with Gasteiger partial charge in [-0.15, -0.1) is 0 Å². The zero-order valence-electron chi connectivity index (χ0n) is 12.1. The fourth-order valence-electron chi connectivity index (χ4n) is 2.62. The minimum Gasteiger partial charge on any atom is -0.366 e. The van der Waals surface area contributed by atoms with Crippen molar-refractivity contribution >= 4 is 21.6 Å². The van der Waals surface area contributed by atoms with E-state index in [-0.39, 0.29) is 0 Å². The molecule has 106 valence electrons. The number of nitrogens with one attached hydrogen (secondary N) is 1. The van der Waals surface area contributed by atoms with Crippen LogP contribution in [0.5, 0.6) is 0 Å². The van der Waals surface area contributed by atoms with Crippen molar-refractivity contribution in [1.29, 1.82) is 0 Å². The van der Waals surface area contributed by atoms with Gasteiger partial charge in [-0.1, -0.05) is 22.0 Å². The number of anilines is 1. The van der Waals surface area contributed by atoms with Crippen molar-refractivity contribution < 1.29 is 0 Å². The van der Waals surface area contributed by atoms with E-state index in [4.69, 9.17) is 0 Å². The van der Waals surface area contributed by atoms with Crippen LogP contribution in [0.1, 0.15) is 12.0 Å². The molecule has 1 aliphatic rings. The summed E-state index contributed by atoms with van der Waals surface area (Å²) in [6, 6.07) is 7.23. The van der Waals surface area contributed by atoms with Gasteiger partial charge in [-0.05, 0) is 51.7 Å². The molecule has 4 heteroatoms. The summed E-state index contributed by atoms with van der Waals surface area (Å²) in [6.45, 7) is 6.52. The van der Waals surface area contributed by atoms with Crippen molar-refractivity contribution in [2.24, 2.45) is 0 Å². The minimum absolute atomic E-state index is 0.534. The quantitative estimate of drug-likeness (QED) is 0.921. The van der Waals surface area contributed by atoms with Gasteiger partial charge < -0.3 is 15.1 Å². The van der Waals surface area contributed by atoms with E-state index in [2.05, 4.69) is 70.3 Å². The predicted octanol–water partition coefficient (Wildman–Crippen LogP) is 2.49. The van der Waals surface area contributed by atoms with Crippen molar-refractivity contribution in [1.82, 2.24) is 10.2 Å². The number of hydrogen-bond acceptors (Lipinski definition) is 3. The molecule has 1 saturated heterocycles. The molecule has 0 aliphatic carbocycles. The molecule has 1 atom stereocenters. The van der Waals surface area contributed by atoms with Crippen LogP contribution < -0.4 is 10.2 Å². The van der Waals surface area contributed by atoms with Crippen molar-refractivity contribution in [3.63, 3.8) is 0 Å². The molecule has 0 saturated carbocycles. The highest BCUT2D eigenvalue weighted by Crippen LogP contribution is 2.25. The SMILES string of the molecule is Cc1ccc(N2CCCNCC2CN(C)C)cc1Br. The van der Waals surface area contributed by atoms with Crippen LogP contribution in [0.25, 0.3) is 0 Å². The van der Waals surface area contributed by atoms with Crippen LogP contribution in [0.2, 0.25) is 0 Å². The van der Waals surface area contributed by atoms with E-state index in [0.717, 1.165) is 26.2 Å². The Morgan fingerprint density at radius 3 is 2.89 bits per heavy atom. The monoisotopic (exact) mass is 325 g/mol. The number of rotatable bonds is 3. The first-order valence-electron chi connectivity index (χ1n) is 6.96. The summed E-state index contributed by atoms with van der Waals surface area (Å²) >= 11 is 3.65. The van der Waals surface area contributed by atoms with Crippen LogP contribution in [0.4, 0.5) is 5.69 Å². The van der Waals surface area contributed by atoms with Gasteiger partial charge in [0.2, 0.25) is 0 Å². The second-order valence-corrected chi connectivity index (χ2v) is 6.45. The molecule has 1 N–H and O–H groups in total. The molecule has 1 aliphatic heterocycles. The molecule has 0 spiro atoms. The summed E-state index contributed by atoms with van der Waals surface area (Å²) in [5.41, 5.74) is 2.62. The Kier molecular flexibility index (Phi) is 5.25. The highest BCUT2D eigenvalue weighted by Gasteiger charge is 2.22. The Balaban J connectivity index is 2.23. The lowest BCUT2D eigenvalue weighted by molar-refractivity contribution is 0.361. The molecule has 3 nitrogen and oxygen atoms in total. The maximum atomic E-state index is 3.65. The fourth-order valence-corrected chi connectivity index (χ4v) is 2.99. The zero-order chi connectivity index (χ0) is 13.8. The Morgan fingerprint density at radius 1 is 1.42 bits per heavy atom. The van der Waals surface area contributed by atoms with Crippen LogP contribution in [0.3, 0.4) is 0 Å². The minimum atomic E-state index is 0.534. The number of benzene rings is 1. The van der Waals surface area contributed by atoms with Gasteiger partial charge in [0.15, 0.2) is 0 Å². The normalized spacial score (nSPS) is 20.7. The lowest BCUT2D eigenvalue weighted by Crippen LogP contribution is -2.46. The van der Waals surface area contributed by atoms with Crippen LogP contribution >= 0.6 is 15.9 Å². The van der Waals surface area contributed by atoms with E-state index < -0.39 is 0 Å². The molecule has 19 heavy (non-hydrogen) atoms. The second-order valence-electron chi connectivity index (χ2n) is 5.60. The van der Waals surface area contributed by atoms with Crippen LogP contribution in [0.15, 0.2) is 22.7 Å². The van der Waals surface area contributed by atoms with Crippen LogP contribution in [-0.4, -0.2) is 51.2 Å². The third-order valence-electron chi connectivity index (χ3n) is 3.64. The molecule has 0 radical (unpaired) electrons. The first-order valence-corrected chi connectivity index (χ1v) is 7.75. The van der Waals surface area contributed by atoms with Crippen molar-refractivity contribution in [2.45, 2.75) is 19.4 Å². The zero-order valence-corrected chi connectivity index (χ0v) is 13.7. The number of halogens is 1. The van der Waals surface area contributed by atoms with Crippen LogP contribution in [-0.2, 0) is 0 Å². The second kappa shape index (κ2) is 6.73. The number of hydrogen-bond donors (Lipinski definition) is 1. The number of nitrogens with zero attached hydrogens (tertiary/aromatic N) is 2. The maximum Gasteiger partial charge on any atom is 0.0541 e. The number of likely N-dealkylation sites (N-methyl/N-ethyl adjacent to an activating group) is 1. The van der Waals surface area contributed by atoms with Crippen molar-refractivity contribution in [2.75, 3.05) is 45.2 Å². The molecule has 0 bridgehead atoms. The summed E-state index contributed by atoms with van der Waals surface area (Å²) < 4.78 is 1.20. The molecule has 1 unspecified atom stereocenters. The van der Waals surface area contributed by atoms with E-state index in [0.29, 0.717) is 6.04 Å². The average molecular weight is 326 g/mol. The first-order chi connectivity index (χ1) is 9.08. The first kappa shape index (κ1) is 14.8. The largest absolute Gasteiger partial charge is 0.366 e. The van der Waals surface area contributed by atoms with Gasteiger partial charge in [0, 0.05) is 29.8 Å². The molecule has 1 heterocycles. The number of aryl methyl sites for hydroxylation is 1. The molecular weight excluding hydrogens is 302 g/mol. The summed E-state index contributed by atoms with van der Waals surface area (Å²) in [7, 11) is 4.29. The average Bonchev–Trinajstić information content (AvgIpc) is 2.57. The van der Waals surface area contributed by atoms with Crippen molar-refractivity contribution in [3.8, 4) is 0 Å². The van der Waals surface area contributed by atoms with E-state index in [1.807, 2.05) is 0 Å². The molecule has 1 aromatic rings. The summed E-state index contributed by atoms with van der Waals surface area (Å²) in [5, 5.41) is 3.55. The molecule has 0 amide bonds. The molecule has 0 aromatic heterocycles.